The highest BCUT2D eigenvalue weighted by Gasteiger charge is 2.18. The molecule has 0 saturated heterocycles. The van der Waals surface area contributed by atoms with E-state index in [2.05, 4.69) is 15.9 Å². The Morgan fingerprint density at radius 1 is 1.21 bits per heavy atom. The molecule has 5 nitrogen and oxygen atoms in total. The predicted molar refractivity (Wildman–Crippen MR) is 70.9 cm³/mol. The van der Waals surface area contributed by atoms with Crippen LogP contribution in [0.2, 0.25) is 0 Å². The van der Waals surface area contributed by atoms with Gasteiger partial charge in [-0.25, -0.2) is 0 Å². The number of ketones is 1. The van der Waals surface area contributed by atoms with Crippen molar-refractivity contribution in [3.05, 3.63) is 22.2 Å². The molecule has 0 unspecified atom stereocenters. The van der Waals surface area contributed by atoms with Crippen molar-refractivity contribution in [1.29, 1.82) is 0 Å². The van der Waals surface area contributed by atoms with Gasteiger partial charge >= 0.3 is 5.97 Å². The molecule has 0 saturated carbocycles. The minimum Gasteiger partial charge on any atom is -0.489 e. The number of hydrogen-bond donors (Lipinski definition) is 1. The second-order valence-corrected chi connectivity index (χ2v) is 5.01. The van der Waals surface area contributed by atoms with Crippen LogP contribution in [0.15, 0.2) is 16.6 Å². The van der Waals surface area contributed by atoms with Gasteiger partial charge in [0.15, 0.2) is 17.3 Å². The van der Waals surface area contributed by atoms with Crippen molar-refractivity contribution >= 4 is 27.7 Å². The number of carbonyl (C=O) groups is 2. The van der Waals surface area contributed by atoms with Crippen LogP contribution < -0.4 is 9.47 Å². The standard InChI is InChI=1S/C13H13BrO5/c14-9-6-8(10(15)2-3-12(16)17)7-11-13(9)19-5-1-4-18-11/h6-7H,1-5H2,(H,16,17). The van der Waals surface area contributed by atoms with Gasteiger partial charge in [0, 0.05) is 18.4 Å². The first-order chi connectivity index (χ1) is 9.08. The van der Waals surface area contributed by atoms with Gasteiger partial charge in [0.25, 0.3) is 0 Å². The van der Waals surface area contributed by atoms with Crippen LogP contribution in [0.4, 0.5) is 0 Å². The molecule has 0 spiro atoms. The van der Waals surface area contributed by atoms with Crippen molar-refractivity contribution in [3.63, 3.8) is 0 Å². The fourth-order valence-corrected chi connectivity index (χ4v) is 2.31. The van der Waals surface area contributed by atoms with E-state index in [-0.39, 0.29) is 18.6 Å². The molecular weight excluding hydrogens is 316 g/mol. The van der Waals surface area contributed by atoms with Gasteiger partial charge in [-0.05, 0) is 28.1 Å². The smallest absolute Gasteiger partial charge is 0.303 e. The number of carboxylic acid groups (broad SMARTS) is 1. The summed E-state index contributed by atoms with van der Waals surface area (Å²) >= 11 is 3.34. The molecule has 6 heteroatoms. The Bertz CT molecular complexity index is 512. The number of carboxylic acids is 1. The van der Waals surface area contributed by atoms with Gasteiger partial charge in [0.1, 0.15) is 0 Å². The summed E-state index contributed by atoms with van der Waals surface area (Å²) in [5, 5.41) is 8.59. The molecule has 1 aromatic carbocycles. The number of ether oxygens (including phenoxy) is 2. The molecule has 0 fully saturated rings. The van der Waals surface area contributed by atoms with Gasteiger partial charge in [0.05, 0.1) is 24.1 Å². The Labute approximate surface area is 118 Å². The maximum absolute atomic E-state index is 11.9. The zero-order valence-corrected chi connectivity index (χ0v) is 11.7. The number of Topliss-reactive ketones (excluding diaryl/α,β-unsaturated/α-hetero) is 1. The first-order valence-electron chi connectivity index (χ1n) is 5.92. The summed E-state index contributed by atoms with van der Waals surface area (Å²) in [6, 6.07) is 3.24. The van der Waals surface area contributed by atoms with E-state index in [0.717, 1.165) is 6.42 Å². The van der Waals surface area contributed by atoms with Crippen LogP contribution in [0.3, 0.4) is 0 Å². The van der Waals surface area contributed by atoms with Crippen molar-refractivity contribution in [2.45, 2.75) is 19.3 Å². The number of aliphatic carboxylic acids is 1. The summed E-state index contributed by atoms with van der Waals surface area (Å²) in [5.74, 6) is -0.0988. The summed E-state index contributed by atoms with van der Waals surface area (Å²) in [7, 11) is 0. The molecule has 2 rings (SSSR count). The van der Waals surface area contributed by atoms with E-state index in [0.29, 0.717) is 34.7 Å². The number of halogens is 1. The van der Waals surface area contributed by atoms with Gasteiger partial charge in [-0.2, -0.15) is 0 Å². The van der Waals surface area contributed by atoms with E-state index in [1.807, 2.05) is 0 Å². The van der Waals surface area contributed by atoms with Crippen molar-refractivity contribution in [2.75, 3.05) is 13.2 Å². The van der Waals surface area contributed by atoms with E-state index < -0.39 is 5.97 Å². The normalized spacial score (nSPS) is 13.7. The minimum absolute atomic E-state index is 0.0264. The average Bonchev–Trinajstić information content (AvgIpc) is 2.61. The first kappa shape index (κ1) is 13.9. The van der Waals surface area contributed by atoms with Crippen LogP contribution in [0, 0.1) is 0 Å². The molecule has 0 aliphatic carbocycles. The van der Waals surface area contributed by atoms with Crippen LogP contribution in [0.25, 0.3) is 0 Å². The quantitative estimate of drug-likeness (QED) is 0.860. The number of carbonyl (C=O) groups excluding carboxylic acids is 1. The van der Waals surface area contributed by atoms with Crippen molar-refractivity contribution in [2.24, 2.45) is 0 Å². The minimum atomic E-state index is -0.984. The Morgan fingerprint density at radius 2 is 1.95 bits per heavy atom. The molecule has 0 bridgehead atoms. The highest BCUT2D eigenvalue weighted by atomic mass is 79.9. The summed E-state index contributed by atoms with van der Waals surface area (Å²) in [4.78, 5) is 22.4. The Morgan fingerprint density at radius 3 is 2.68 bits per heavy atom. The van der Waals surface area contributed by atoms with Gasteiger partial charge in [0.2, 0.25) is 0 Å². The molecule has 1 aromatic rings. The fourth-order valence-electron chi connectivity index (χ4n) is 1.76. The lowest BCUT2D eigenvalue weighted by Crippen LogP contribution is -2.05. The second kappa shape index (κ2) is 6.06. The molecule has 1 N–H and O–H groups in total. The van der Waals surface area contributed by atoms with E-state index in [1.54, 1.807) is 12.1 Å². The molecule has 0 aromatic heterocycles. The SMILES string of the molecule is O=C(O)CCC(=O)c1cc(Br)c2c(c1)OCCCO2. The third kappa shape index (κ3) is 3.47. The van der Waals surface area contributed by atoms with Crippen molar-refractivity contribution < 1.29 is 24.2 Å². The molecule has 1 aliphatic heterocycles. The molecule has 19 heavy (non-hydrogen) atoms. The van der Waals surface area contributed by atoms with Crippen molar-refractivity contribution in [3.8, 4) is 11.5 Å². The average molecular weight is 329 g/mol. The largest absolute Gasteiger partial charge is 0.489 e. The van der Waals surface area contributed by atoms with Crippen LogP contribution in [0.1, 0.15) is 29.6 Å². The molecule has 0 amide bonds. The topological polar surface area (TPSA) is 72.8 Å². The zero-order chi connectivity index (χ0) is 13.8. The lowest BCUT2D eigenvalue weighted by Gasteiger charge is -2.11. The van der Waals surface area contributed by atoms with Crippen LogP contribution >= 0.6 is 15.9 Å². The van der Waals surface area contributed by atoms with Crippen LogP contribution in [-0.4, -0.2) is 30.1 Å². The third-order valence-corrected chi connectivity index (χ3v) is 3.28. The predicted octanol–water partition coefficient (Wildman–Crippen LogP) is 2.66. The van der Waals surface area contributed by atoms with E-state index in [1.165, 1.54) is 0 Å². The number of fused-ring (bicyclic) bond motifs is 1. The Balaban J connectivity index is 2.23. The monoisotopic (exact) mass is 328 g/mol. The van der Waals surface area contributed by atoms with Gasteiger partial charge in [-0.15, -0.1) is 0 Å². The highest BCUT2D eigenvalue weighted by molar-refractivity contribution is 9.10. The maximum Gasteiger partial charge on any atom is 0.303 e. The Hall–Kier alpha value is -1.56. The van der Waals surface area contributed by atoms with Crippen molar-refractivity contribution in [1.82, 2.24) is 0 Å². The molecular formula is C13H13BrO5. The lowest BCUT2D eigenvalue weighted by molar-refractivity contribution is -0.136. The molecule has 102 valence electrons. The lowest BCUT2D eigenvalue weighted by atomic mass is 10.1. The fraction of sp³-hybridized carbons (Fsp3) is 0.385. The van der Waals surface area contributed by atoms with E-state index >= 15 is 0 Å². The summed E-state index contributed by atoms with van der Waals surface area (Å²) in [6.45, 7) is 1.10. The first-order valence-corrected chi connectivity index (χ1v) is 6.71. The van der Waals surface area contributed by atoms with E-state index in [9.17, 15) is 9.59 Å². The second-order valence-electron chi connectivity index (χ2n) is 4.15. The molecule has 1 heterocycles. The molecule has 0 radical (unpaired) electrons. The zero-order valence-electron chi connectivity index (χ0n) is 10.1. The van der Waals surface area contributed by atoms with Crippen LogP contribution in [0.5, 0.6) is 11.5 Å². The molecule has 1 aliphatic rings. The third-order valence-electron chi connectivity index (χ3n) is 2.69. The molecule has 0 atom stereocenters. The highest BCUT2D eigenvalue weighted by Crippen LogP contribution is 2.38. The van der Waals surface area contributed by atoms with Crippen LogP contribution in [-0.2, 0) is 4.79 Å². The van der Waals surface area contributed by atoms with Gasteiger partial charge in [-0.1, -0.05) is 0 Å². The van der Waals surface area contributed by atoms with Gasteiger partial charge < -0.3 is 14.6 Å². The number of hydrogen-bond acceptors (Lipinski definition) is 4. The number of rotatable bonds is 4. The van der Waals surface area contributed by atoms with Gasteiger partial charge in [-0.3, -0.25) is 9.59 Å². The maximum atomic E-state index is 11.9. The summed E-state index contributed by atoms with van der Waals surface area (Å²) < 4.78 is 11.7. The summed E-state index contributed by atoms with van der Waals surface area (Å²) in [5.41, 5.74) is 0.428. The summed E-state index contributed by atoms with van der Waals surface area (Å²) in [6.07, 6.45) is 0.579. The number of benzene rings is 1. The Kier molecular flexibility index (Phi) is 4.42. The van der Waals surface area contributed by atoms with E-state index in [4.69, 9.17) is 14.6 Å².